The first-order chi connectivity index (χ1) is 10.7. The van der Waals surface area contributed by atoms with Crippen molar-refractivity contribution in [3.05, 3.63) is 71.8 Å². The molecule has 2 aromatic carbocycles. The number of nitrogens with one attached hydrogen (secondary N) is 1. The number of rotatable bonds is 7. The molecule has 0 bridgehead atoms. The van der Waals surface area contributed by atoms with Crippen LogP contribution in [-0.4, -0.2) is 19.8 Å². The van der Waals surface area contributed by atoms with Crippen LogP contribution < -0.4 is 5.32 Å². The molecule has 22 heavy (non-hydrogen) atoms. The zero-order valence-electron chi connectivity index (χ0n) is 12.9. The number of ether oxygens (including phenoxy) is 2. The first-order valence-electron chi connectivity index (χ1n) is 7.20. The van der Waals surface area contributed by atoms with Crippen LogP contribution in [0.3, 0.4) is 0 Å². The average molecular weight is 299 g/mol. The van der Waals surface area contributed by atoms with Crippen molar-refractivity contribution in [2.24, 2.45) is 0 Å². The van der Waals surface area contributed by atoms with Gasteiger partial charge in [-0.1, -0.05) is 60.7 Å². The molecule has 0 radical (unpaired) electrons. The highest BCUT2D eigenvalue weighted by atomic mass is 16.7. The van der Waals surface area contributed by atoms with Gasteiger partial charge in [-0.2, -0.15) is 0 Å². The molecule has 0 aliphatic carbocycles. The van der Waals surface area contributed by atoms with Gasteiger partial charge < -0.3 is 14.8 Å². The van der Waals surface area contributed by atoms with Gasteiger partial charge in [0.25, 0.3) is 0 Å². The second kappa shape index (κ2) is 8.32. The fourth-order valence-electron chi connectivity index (χ4n) is 2.38. The molecule has 0 aliphatic rings. The largest absolute Gasteiger partial charge is 0.359 e. The Kier molecular flexibility index (Phi) is 6.13. The maximum atomic E-state index is 11.6. The Bertz CT molecular complexity index is 571. The monoisotopic (exact) mass is 299 g/mol. The molecule has 0 fully saturated rings. The summed E-state index contributed by atoms with van der Waals surface area (Å²) >= 11 is 0. The van der Waals surface area contributed by atoms with Crippen LogP contribution >= 0.6 is 0 Å². The zero-order valence-corrected chi connectivity index (χ0v) is 12.9. The summed E-state index contributed by atoms with van der Waals surface area (Å²) in [6.45, 7) is 1.66. The van der Waals surface area contributed by atoms with Crippen LogP contribution in [-0.2, 0) is 14.3 Å². The Balaban J connectivity index is 2.36. The van der Waals surface area contributed by atoms with E-state index in [9.17, 15) is 4.79 Å². The van der Waals surface area contributed by atoms with Crippen LogP contribution in [0.2, 0.25) is 0 Å². The van der Waals surface area contributed by atoms with Crippen molar-refractivity contribution in [3.8, 4) is 0 Å². The molecule has 0 saturated carbocycles. The van der Waals surface area contributed by atoms with Gasteiger partial charge in [0, 0.05) is 14.0 Å². The lowest BCUT2D eigenvalue weighted by Crippen LogP contribution is -2.32. The Morgan fingerprint density at radius 3 is 2.05 bits per heavy atom. The number of benzene rings is 2. The highest BCUT2D eigenvalue weighted by molar-refractivity contribution is 5.73. The summed E-state index contributed by atoms with van der Waals surface area (Å²) in [5, 5.41) is 2.98. The van der Waals surface area contributed by atoms with Gasteiger partial charge in [0.2, 0.25) is 5.91 Å². The van der Waals surface area contributed by atoms with Crippen LogP contribution in [0.5, 0.6) is 0 Å². The minimum atomic E-state index is -0.326. The van der Waals surface area contributed by atoms with Crippen LogP contribution in [0, 0.1) is 0 Å². The highest BCUT2D eigenvalue weighted by Gasteiger charge is 2.26. The first-order valence-corrected chi connectivity index (χ1v) is 7.20. The van der Waals surface area contributed by atoms with Gasteiger partial charge in [0.15, 0.2) is 0 Å². The summed E-state index contributed by atoms with van der Waals surface area (Å²) in [6, 6.07) is 19.3. The third-order valence-corrected chi connectivity index (χ3v) is 3.31. The molecule has 1 N–H and O–H groups in total. The topological polar surface area (TPSA) is 47.6 Å². The molecule has 4 nitrogen and oxygen atoms in total. The highest BCUT2D eigenvalue weighted by Crippen LogP contribution is 2.32. The minimum absolute atomic E-state index is 0.101. The van der Waals surface area contributed by atoms with E-state index < -0.39 is 0 Å². The molecule has 0 unspecified atom stereocenters. The summed E-state index contributed by atoms with van der Waals surface area (Å²) < 4.78 is 10.9. The molecule has 0 saturated heterocycles. The summed E-state index contributed by atoms with van der Waals surface area (Å²) in [5.74, 6) is -0.101. The van der Waals surface area contributed by atoms with E-state index in [4.69, 9.17) is 9.47 Å². The smallest absolute Gasteiger partial charge is 0.217 e. The number of amides is 1. The third-order valence-electron chi connectivity index (χ3n) is 3.31. The van der Waals surface area contributed by atoms with Crippen LogP contribution in [0.4, 0.5) is 0 Å². The Morgan fingerprint density at radius 1 is 1.00 bits per heavy atom. The van der Waals surface area contributed by atoms with E-state index in [2.05, 4.69) is 5.32 Å². The van der Waals surface area contributed by atoms with E-state index in [1.54, 1.807) is 7.11 Å². The van der Waals surface area contributed by atoms with Crippen molar-refractivity contribution in [3.63, 3.8) is 0 Å². The van der Waals surface area contributed by atoms with Gasteiger partial charge in [-0.15, -0.1) is 0 Å². The molecule has 1 amide bonds. The van der Waals surface area contributed by atoms with Gasteiger partial charge in [0.05, 0.1) is 6.04 Å². The van der Waals surface area contributed by atoms with Crippen molar-refractivity contribution in [2.75, 3.05) is 13.9 Å². The third kappa shape index (κ3) is 4.41. The summed E-state index contributed by atoms with van der Waals surface area (Å²) in [4.78, 5) is 11.6. The van der Waals surface area contributed by atoms with Crippen LogP contribution in [0.15, 0.2) is 60.7 Å². The fourth-order valence-corrected chi connectivity index (χ4v) is 2.38. The van der Waals surface area contributed by atoms with E-state index in [1.165, 1.54) is 6.92 Å². The van der Waals surface area contributed by atoms with Gasteiger partial charge in [0.1, 0.15) is 12.9 Å². The number of hydrogen-bond acceptors (Lipinski definition) is 3. The number of carbonyl (C=O) groups is 1. The second-order valence-electron chi connectivity index (χ2n) is 4.99. The Morgan fingerprint density at radius 2 is 1.55 bits per heavy atom. The van der Waals surface area contributed by atoms with E-state index in [-0.39, 0.29) is 24.8 Å². The van der Waals surface area contributed by atoms with Gasteiger partial charge >= 0.3 is 0 Å². The Labute approximate surface area is 131 Å². The number of methoxy groups -OCH3 is 1. The number of carbonyl (C=O) groups excluding carboxylic acids is 1. The molecule has 2 aromatic rings. The molecular formula is C18H21NO3. The molecule has 4 heteroatoms. The summed E-state index contributed by atoms with van der Waals surface area (Å²) in [6.07, 6.45) is -0.326. The van der Waals surface area contributed by atoms with Crippen molar-refractivity contribution in [1.82, 2.24) is 5.32 Å². The number of hydrogen-bond donors (Lipinski definition) is 1. The van der Waals surface area contributed by atoms with Crippen molar-refractivity contribution >= 4 is 5.91 Å². The standard InChI is InChI=1S/C18H21NO3/c1-14(20)19-17(15-9-5-3-6-10-15)18(22-13-21-2)16-11-7-4-8-12-16/h3-12,17-18H,13H2,1-2H3,(H,19,20)/t17-,18+/m1/s1. The molecule has 0 aromatic heterocycles. The lowest BCUT2D eigenvalue weighted by atomic mass is 9.95. The molecule has 0 spiro atoms. The normalized spacial score (nSPS) is 13.4. The second-order valence-corrected chi connectivity index (χ2v) is 4.99. The molecular weight excluding hydrogens is 278 g/mol. The van der Waals surface area contributed by atoms with Crippen molar-refractivity contribution in [1.29, 1.82) is 0 Å². The lowest BCUT2D eigenvalue weighted by molar-refractivity contribution is -0.123. The molecule has 2 atom stereocenters. The fraction of sp³-hybridized carbons (Fsp3) is 0.278. The van der Waals surface area contributed by atoms with Gasteiger partial charge in [-0.05, 0) is 11.1 Å². The van der Waals surface area contributed by atoms with E-state index in [0.29, 0.717) is 0 Å². The SMILES string of the molecule is COCO[C@@H](c1ccccc1)[C@H](NC(C)=O)c1ccccc1. The predicted molar refractivity (Wildman–Crippen MR) is 85.1 cm³/mol. The van der Waals surface area contributed by atoms with Gasteiger partial charge in [-0.3, -0.25) is 4.79 Å². The van der Waals surface area contributed by atoms with Crippen molar-refractivity contribution in [2.45, 2.75) is 19.1 Å². The zero-order chi connectivity index (χ0) is 15.8. The van der Waals surface area contributed by atoms with Gasteiger partial charge in [-0.25, -0.2) is 0 Å². The van der Waals surface area contributed by atoms with E-state index >= 15 is 0 Å². The molecule has 2 rings (SSSR count). The average Bonchev–Trinajstić information content (AvgIpc) is 2.55. The molecule has 116 valence electrons. The quantitative estimate of drug-likeness (QED) is 0.799. The van der Waals surface area contributed by atoms with E-state index in [0.717, 1.165) is 11.1 Å². The molecule has 0 aliphatic heterocycles. The van der Waals surface area contributed by atoms with Crippen LogP contribution in [0.25, 0.3) is 0 Å². The lowest BCUT2D eigenvalue weighted by Gasteiger charge is -2.28. The summed E-state index contributed by atoms with van der Waals surface area (Å²) in [7, 11) is 1.58. The van der Waals surface area contributed by atoms with E-state index in [1.807, 2.05) is 60.7 Å². The Hall–Kier alpha value is -2.17. The minimum Gasteiger partial charge on any atom is -0.359 e. The maximum Gasteiger partial charge on any atom is 0.217 e. The summed E-state index contributed by atoms with van der Waals surface area (Å²) in [5.41, 5.74) is 1.98. The van der Waals surface area contributed by atoms with Crippen molar-refractivity contribution < 1.29 is 14.3 Å². The molecule has 0 heterocycles. The first kappa shape index (κ1) is 16.2. The predicted octanol–water partition coefficient (Wildman–Crippen LogP) is 3.23. The maximum absolute atomic E-state index is 11.6. The van der Waals surface area contributed by atoms with Crippen LogP contribution in [0.1, 0.15) is 30.2 Å².